The fourth-order valence-electron chi connectivity index (χ4n) is 2.54. The molecule has 1 atom stereocenters. The summed E-state index contributed by atoms with van der Waals surface area (Å²) in [7, 11) is 0. The maximum absolute atomic E-state index is 13.2. The van der Waals surface area contributed by atoms with Crippen molar-refractivity contribution in [1.82, 2.24) is 15.5 Å². The second-order valence-electron chi connectivity index (χ2n) is 6.43. The van der Waals surface area contributed by atoms with Crippen LogP contribution in [0.15, 0.2) is 46.8 Å². The van der Waals surface area contributed by atoms with E-state index in [4.69, 9.17) is 0 Å². The van der Waals surface area contributed by atoms with Gasteiger partial charge in [-0.3, -0.25) is 4.79 Å². The number of benzene rings is 2. The zero-order valence-electron chi connectivity index (χ0n) is 15.8. The predicted molar refractivity (Wildman–Crippen MR) is 113 cm³/mol. The van der Waals surface area contributed by atoms with E-state index in [-0.39, 0.29) is 23.5 Å². The van der Waals surface area contributed by atoms with Crippen molar-refractivity contribution in [2.75, 3.05) is 11.1 Å². The van der Waals surface area contributed by atoms with Gasteiger partial charge in [0.15, 0.2) is 4.34 Å². The Hall–Kier alpha value is -2.45. The van der Waals surface area contributed by atoms with E-state index in [0.717, 1.165) is 5.56 Å². The molecule has 1 heterocycles. The normalized spacial score (nSPS) is 11.9. The van der Waals surface area contributed by atoms with Gasteiger partial charge in [-0.15, -0.1) is 10.2 Å². The fourth-order valence-corrected chi connectivity index (χ4v) is 4.12. The van der Waals surface area contributed by atoms with Gasteiger partial charge in [-0.1, -0.05) is 47.4 Å². The van der Waals surface area contributed by atoms with Gasteiger partial charge in [0.05, 0.1) is 11.8 Å². The highest BCUT2D eigenvalue weighted by Gasteiger charge is 2.12. The summed E-state index contributed by atoms with van der Waals surface area (Å²) in [5.41, 5.74) is 4.13. The van der Waals surface area contributed by atoms with Gasteiger partial charge < -0.3 is 10.6 Å². The van der Waals surface area contributed by atoms with Crippen LogP contribution in [0.4, 0.5) is 15.2 Å². The number of hydrogen-bond acceptors (Lipinski definition) is 6. The number of nitrogens with zero attached hydrogens (tertiary/aromatic N) is 2. The van der Waals surface area contributed by atoms with E-state index in [1.165, 1.54) is 46.4 Å². The number of hydrogen-bond donors (Lipinski definition) is 2. The highest BCUT2D eigenvalue weighted by Crippen LogP contribution is 2.28. The molecule has 28 heavy (non-hydrogen) atoms. The molecule has 8 heteroatoms. The first-order valence-electron chi connectivity index (χ1n) is 8.76. The minimum absolute atomic E-state index is 0.0629. The summed E-state index contributed by atoms with van der Waals surface area (Å²) in [6, 6.07) is 12.3. The van der Waals surface area contributed by atoms with Crippen molar-refractivity contribution in [3.8, 4) is 0 Å². The lowest BCUT2D eigenvalue weighted by Crippen LogP contribution is -2.28. The standard InChI is InChI=1S/C20H21FN4OS2/c1-12-7-8-15(9-13(12)2)14(3)22-18(26)11-27-20-25-24-19(28-20)23-17-6-4-5-16(21)10-17/h4-10,14H,11H2,1-3H3,(H,22,26)(H,23,24)/t14-/m1/s1. The van der Waals surface area contributed by atoms with Gasteiger partial charge in [-0.05, 0) is 55.7 Å². The number of aromatic nitrogens is 2. The molecule has 3 rings (SSSR count). The fraction of sp³-hybridized carbons (Fsp3) is 0.250. The number of nitrogens with one attached hydrogen (secondary N) is 2. The largest absolute Gasteiger partial charge is 0.349 e. The van der Waals surface area contributed by atoms with Crippen molar-refractivity contribution < 1.29 is 9.18 Å². The van der Waals surface area contributed by atoms with Crippen LogP contribution < -0.4 is 10.6 Å². The molecule has 3 aromatic rings. The zero-order chi connectivity index (χ0) is 20.1. The van der Waals surface area contributed by atoms with E-state index in [9.17, 15) is 9.18 Å². The first kappa shape index (κ1) is 20.3. The van der Waals surface area contributed by atoms with E-state index in [2.05, 4.69) is 46.8 Å². The van der Waals surface area contributed by atoms with E-state index in [1.807, 2.05) is 13.0 Å². The SMILES string of the molecule is Cc1ccc([C@@H](C)NC(=O)CSc2nnc(Nc3cccc(F)c3)s2)cc1C. The van der Waals surface area contributed by atoms with Gasteiger partial charge in [0.25, 0.3) is 0 Å². The summed E-state index contributed by atoms with van der Waals surface area (Å²) in [5, 5.41) is 14.7. The number of amides is 1. The Balaban J connectivity index is 1.50. The molecule has 0 unspecified atom stereocenters. The van der Waals surface area contributed by atoms with Crippen LogP contribution in [-0.4, -0.2) is 21.9 Å². The van der Waals surface area contributed by atoms with Crippen LogP contribution >= 0.6 is 23.1 Å². The molecule has 0 saturated heterocycles. The van der Waals surface area contributed by atoms with Crippen LogP contribution in [0.2, 0.25) is 0 Å². The summed E-state index contributed by atoms with van der Waals surface area (Å²) in [6.45, 7) is 6.10. The Kier molecular flexibility index (Phi) is 6.64. The third-order valence-corrected chi connectivity index (χ3v) is 6.19. The van der Waals surface area contributed by atoms with Gasteiger partial charge in [0.2, 0.25) is 11.0 Å². The average Bonchev–Trinajstić information content (AvgIpc) is 3.09. The molecule has 0 radical (unpaired) electrons. The number of carbonyl (C=O) groups is 1. The third kappa shape index (κ3) is 5.53. The van der Waals surface area contributed by atoms with E-state index >= 15 is 0 Å². The molecule has 0 saturated carbocycles. The number of aryl methyl sites for hydroxylation is 2. The lowest BCUT2D eigenvalue weighted by atomic mass is 10.0. The highest BCUT2D eigenvalue weighted by molar-refractivity contribution is 8.01. The van der Waals surface area contributed by atoms with Crippen LogP contribution in [0.5, 0.6) is 0 Å². The zero-order valence-corrected chi connectivity index (χ0v) is 17.5. The molecule has 0 spiro atoms. The molecule has 0 aliphatic carbocycles. The number of halogens is 1. The van der Waals surface area contributed by atoms with Gasteiger partial charge in [0, 0.05) is 5.69 Å². The van der Waals surface area contributed by atoms with Crippen LogP contribution in [-0.2, 0) is 4.79 Å². The number of rotatable bonds is 7. The van der Waals surface area contributed by atoms with Crippen molar-refractivity contribution >= 4 is 39.8 Å². The molecule has 0 fully saturated rings. The lowest BCUT2D eigenvalue weighted by molar-refractivity contribution is -0.119. The maximum atomic E-state index is 13.2. The van der Waals surface area contributed by atoms with Gasteiger partial charge in [0.1, 0.15) is 5.82 Å². The third-order valence-electron chi connectivity index (χ3n) is 4.22. The minimum atomic E-state index is -0.321. The van der Waals surface area contributed by atoms with E-state index < -0.39 is 0 Å². The molecule has 1 amide bonds. The molecular formula is C20H21FN4OS2. The average molecular weight is 417 g/mol. The Bertz CT molecular complexity index is 976. The molecule has 146 valence electrons. The van der Waals surface area contributed by atoms with E-state index in [1.54, 1.807) is 12.1 Å². The first-order valence-corrected chi connectivity index (χ1v) is 10.6. The molecule has 1 aromatic heterocycles. The quantitative estimate of drug-likeness (QED) is 0.530. The summed E-state index contributed by atoms with van der Waals surface area (Å²) in [4.78, 5) is 12.3. The molecular weight excluding hydrogens is 395 g/mol. The number of thioether (sulfide) groups is 1. The van der Waals surface area contributed by atoms with Crippen LogP contribution in [0.1, 0.15) is 29.7 Å². The highest BCUT2D eigenvalue weighted by atomic mass is 32.2. The molecule has 0 aliphatic rings. The first-order chi connectivity index (χ1) is 13.4. The Morgan fingerprint density at radius 2 is 2.00 bits per heavy atom. The Morgan fingerprint density at radius 1 is 1.18 bits per heavy atom. The predicted octanol–water partition coefficient (Wildman–Crippen LogP) is 5.01. The van der Waals surface area contributed by atoms with Crippen LogP contribution in [0.25, 0.3) is 0 Å². The summed E-state index contributed by atoms with van der Waals surface area (Å²) in [6.07, 6.45) is 0. The number of carbonyl (C=O) groups excluding carboxylic acids is 1. The van der Waals surface area contributed by atoms with Crippen molar-refractivity contribution in [2.45, 2.75) is 31.2 Å². The Morgan fingerprint density at radius 3 is 2.75 bits per heavy atom. The topological polar surface area (TPSA) is 66.9 Å². The smallest absolute Gasteiger partial charge is 0.230 e. The Labute approximate surface area is 171 Å². The van der Waals surface area contributed by atoms with Gasteiger partial charge in [-0.25, -0.2) is 4.39 Å². The van der Waals surface area contributed by atoms with Gasteiger partial charge >= 0.3 is 0 Å². The van der Waals surface area contributed by atoms with Crippen LogP contribution in [0.3, 0.4) is 0 Å². The van der Waals surface area contributed by atoms with Crippen LogP contribution in [0, 0.1) is 19.7 Å². The summed E-state index contributed by atoms with van der Waals surface area (Å²) in [5.74, 6) is -0.131. The van der Waals surface area contributed by atoms with Gasteiger partial charge in [-0.2, -0.15) is 0 Å². The van der Waals surface area contributed by atoms with Crippen molar-refractivity contribution in [2.24, 2.45) is 0 Å². The molecule has 0 aliphatic heterocycles. The summed E-state index contributed by atoms with van der Waals surface area (Å²) >= 11 is 2.65. The molecule has 2 N–H and O–H groups in total. The second-order valence-corrected chi connectivity index (χ2v) is 8.63. The molecule has 2 aromatic carbocycles. The molecule has 5 nitrogen and oxygen atoms in total. The summed E-state index contributed by atoms with van der Waals surface area (Å²) < 4.78 is 13.9. The molecule has 0 bridgehead atoms. The maximum Gasteiger partial charge on any atom is 0.230 e. The van der Waals surface area contributed by atoms with Crippen molar-refractivity contribution in [3.63, 3.8) is 0 Å². The lowest BCUT2D eigenvalue weighted by Gasteiger charge is -2.15. The van der Waals surface area contributed by atoms with Crippen molar-refractivity contribution in [1.29, 1.82) is 0 Å². The second kappa shape index (κ2) is 9.16. The monoisotopic (exact) mass is 416 g/mol. The van der Waals surface area contributed by atoms with E-state index in [0.29, 0.717) is 15.2 Å². The number of anilines is 2. The van der Waals surface area contributed by atoms with Crippen molar-refractivity contribution in [3.05, 3.63) is 65.0 Å². The minimum Gasteiger partial charge on any atom is -0.349 e.